The molecule has 1 aliphatic heterocycles. The van der Waals surface area contributed by atoms with Crippen LogP contribution in [0.3, 0.4) is 0 Å². The summed E-state index contributed by atoms with van der Waals surface area (Å²) in [4.78, 5) is 12.3. The Kier molecular flexibility index (Phi) is 8.04. The zero-order valence-corrected chi connectivity index (χ0v) is 20.3. The van der Waals surface area contributed by atoms with Gasteiger partial charge in [-0.25, -0.2) is 5.43 Å². The summed E-state index contributed by atoms with van der Waals surface area (Å²) in [5.41, 5.74) is 5.19. The Hall–Kier alpha value is -3.52. The van der Waals surface area contributed by atoms with Crippen LogP contribution in [0.1, 0.15) is 23.6 Å². The number of nitrogens with zero attached hydrogens (tertiary/aromatic N) is 1. The number of nitrogens with one attached hydrogen (secondary N) is 1. The van der Waals surface area contributed by atoms with E-state index in [0.717, 1.165) is 21.2 Å². The van der Waals surface area contributed by atoms with Gasteiger partial charge in [0.15, 0.2) is 23.0 Å². The van der Waals surface area contributed by atoms with Crippen LogP contribution in [-0.4, -0.2) is 31.9 Å². The van der Waals surface area contributed by atoms with Gasteiger partial charge in [-0.05, 0) is 63.8 Å². The third-order valence-electron chi connectivity index (χ3n) is 4.93. The fraction of sp³-hybridized carbons (Fsp3) is 0.231. The number of rotatable bonds is 9. The molecule has 1 N–H and O–H groups in total. The maximum absolute atomic E-state index is 12.3. The molecule has 4 rings (SSSR count). The number of fused-ring (bicyclic) bond motifs is 1. The monoisotopic (exact) mass is 524 g/mol. The van der Waals surface area contributed by atoms with E-state index >= 15 is 0 Å². The van der Waals surface area contributed by atoms with Crippen molar-refractivity contribution in [3.05, 3.63) is 81.8 Å². The SMILES string of the molecule is CCOc1cc(/C=N/NC(=O)Cc2ccc3c(c2)OCCO3)cc(Br)c1OCc1ccccc1. The van der Waals surface area contributed by atoms with E-state index in [4.69, 9.17) is 18.9 Å². The third kappa shape index (κ3) is 6.29. The van der Waals surface area contributed by atoms with Crippen molar-refractivity contribution < 1.29 is 23.7 Å². The molecule has 0 fully saturated rings. The van der Waals surface area contributed by atoms with Crippen molar-refractivity contribution in [2.75, 3.05) is 19.8 Å². The van der Waals surface area contributed by atoms with Crippen LogP contribution in [0.2, 0.25) is 0 Å². The first-order chi connectivity index (χ1) is 16.6. The molecule has 8 heteroatoms. The Morgan fingerprint density at radius 2 is 1.82 bits per heavy atom. The minimum Gasteiger partial charge on any atom is -0.490 e. The molecule has 3 aromatic rings. The van der Waals surface area contributed by atoms with Crippen molar-refractivity contribution in [1.82, 2.24) is 5.43 Å². The molecular formula is C26H25BrN2O5. The number of hydrazone groups is 1. The fourth-order valence-electron chi connectivity index (χ4n) is 3.40. The summed E-state index contributed by atoms with van der Waals surface area (Å²) in [5, 5.41) is 4.09. The van der Waals surface area contributed by atoms with Gasteiger partial charge >= 0.3 is 0 Å². The highest BCUT2D eigenvalue weighted by Crippen LogP contribution is 2.37. The smallest absolute Gasteiger partial charge is 0.244 e. The van der Waals surface area contributed by atoms with E-state index in [1.54, 1.807) is 6.21 Å². The molecule has 0 atom stereocenters. The van der Waals surface area contributed by atoms with Crippen LogP contribution in [-0.2, 0) is 17.8 Å². The summed E-state index contributed by atoms with van der Waals surface area (Å²) in [6.45, 7) is 3.85. The van der Waals surface area contributed by atoms with Crippen LogP contribution in [0.15, 0.2) is 70.2 Å². The van der Waals surface area contributed by atoms with E-state index in [2.05, 4.69) is 26.5 Å². The Labute approximate surface area is 206 Å². The predicted octanol–water partition coefficient (Wildman–Crippen LogP) is 4.89. The van der Waals surface area contributed by atoms with Gasteiger partial charge in [-0.1, -0.05) is 36.4 Å². The molecule has 176 valence electrons. The lowest BCUT2D eigenvalue weighted by atomic mass is 10.1. The zero-order chi connectivity index (χ0) is 23.8. The summed E-state index contributed by atoms with van der Waals surface area (Å²) < 4.78 is 23.6. The van der Waals surface area contributed by atoms with Gasteiger partial charge in [-0.2, -0.15) is 5.10 Å². The maximum Gasteiger partial charge on any atom is 0.244 e. The van der Waals surface area contributed by atoms with Gasteiger partial charge in [0, 0.05) is 0 Å². The van der Waals surface area contributed by atoms with Crippen molar-refractivity contribution in [2.24, 2.45) is 5.10 Å². The lowest BCUT2D eigenvalue weighted by molar-refractivity contribution is -0.120. The number of carbonyl (C=O) groups excluding carboxylic acids is 1. The second kappa shape index (κ2) is 11.6. The molecule has 1 aliphatic rings. The summed E-state index contributed by atoms with van der Waals surface area (Å²) in [6.07, 6.45) is 1.74. The Morgan fingerprint density at radius 3 is 2.62 bits per heavy atom. The second-order valence-corrected chi connectivity index (χ2v) is 8.34. The number of benzene rings is 3. The first-order valence-corrected chi connectivity index (χ1v) is 11.7. The third-order valence-corrected chi connectivity index (χ3v) is 5.52. The molecule has 0 spiro atoms. The number of halogens is 1. The summed E-state index contributed by atoms with van der Waals surface area (Å²) in [5.74, 6) is 2.32. The van der Waals surface area contributed by atoms with E-state index in [0.29, 0.717) is 49.4 Å². The Bertz CT molecular complexity index is 1170. The molecule has 3 aromatic carbocycles. The molecule has 0 bridgehead atoms. The van der Waals surface area contributed by atoms with Crippen molar-refractivity contribution in [3.63, 3.8) is 0 Å². The average molecular weight is 525 g/mol. The lowest BCUT2D eigenvalue weighted by Gasteiger charge is -2.18. The van der Waals surface area contributed by atoms with E-state index in [-0.39, 0.29) is 12.3 Å². The minimum atomic E-state index is -0.236. The van der Waals surface area contributed by atoms with E-state index < -0.39 is 0 Å². The van der Waals surface area contributed by atoms with Gasteiger partial charge in [-0.15, -0.1) is 0 Å². The summed E-state index contributed by atoms with van der Waals surface area (Å²) in [7, 11) is 0. The van der Waals surface area contributed by atoms with Gasteiger partial charge in [0.2, 0.25) is 5.91 Å². The van der Waals surface area contributed by atoms with Crippen LogP contribution in [0.4, 0.5) is 0 Å². The maximum atomic E-state index is 12.3. The second-order valence-electron chi connectivity index (χ2n) is 7.49. The molecule has 0 radical (unpaired) electrons. The van der Waals surface area contributed by atoms with Gasteiger partial charge in [0.25, 0.3) is 0 Å². The van der Waals surface area contributed by atoms with Gasteiger partial charge in [0.05, 0.1) is 23.7 Å². The van der Waals surface area contributed by atoms with Crippen molar-refractivity contribution in [3.8, 4) is 23.0 Å². The van der Waals surface area contributed by atoms with Crippen molar-refractivity contribution in [1.29, 1.82) is 0 Å². The molecule has 0 aromatic heterocycles. The van der Waals surface area contributed by atoms with E-state index in [1.165, 1.54) is 0 Å². The average Bonchev–Trinajstić information content (AvgIpc) is 2.84. The lowest BCUT2D eigenvalue weighted by Crippen LogP contribution is -2.20. The largest absolute Gasteiger partial charge is 0.490 e. The Morgan fingerprint density at radius 1 is 1.03 bits per heavy atom. The van der Waals surface area contributed by atoms with Gasteiger partial charge < -0.3 is 18.9 Å². The molecule has 7 nitrogen and oxygen atoms in total. The number of hydrogen-bond donors (Lipinski definition) is 1. The van der Waals surface area contributed by atoms with Crippen LogP contribution in [0, 0.1) is 0 Å². The van der Waals surface area contributed by atoms with Crippen molar-refractivity contribution in [2.45, 2.75) is 20.0 Å². The highest BCUT2D eigenvalue weighted by molar-refractivity contribution is 9.10. The fourth-order valence-corrected chi connectivity index (χ4v) is 3.97. The molecule has 1 amide bonds. The summed E-state index contributed by atoms with van der Waals surface area (Å²) >= 11 is 3.56. The topological polar surface area (TPSA) is 78.4 Å². The molecule has 34 heavy (non-hydrogen) atoms. The first-order valence-electron chi connectivity index (χ1n) is 11.0. The number of amides is 1. The molecular weight excluding hydrogens is 500 g/mol. The quantitative estimate of drug-likeness (QED) is 0.318. The van der Waals surface area contributed by atoms with Gasteiger partial charge in [0.1, 0.15) is 19.8 Å². The number of carbonyl (C=O) groups is 1. The van der Waals surface area contributed by atoms with Crippen LogP contribution in [0.5, 0.6) is 23.0 Å². The number of hydrogen-bond acceptors (Lipinski definition) is 6. The van der Waals surface area contributed by atoms with Crippen molar-refractivity contribution >= 4 is 28.1 Å². The van der Waals surface area contributed by atoms with Crippen LogP contribution < -0.4 is 24.4 Å². The molecule has 0 saturated heterocycles. The minimum absolute atomic E-state index is 0.175. The van der Waals surface area contributed by atoms with E-state index in [1.807, 2.05) is 67.6 Å². The standard InChI is InChI=1S/C26H25BrN2O5/c1-2-31-24-14-20(12-21(27)26(24)34-17-18-6-4-3-5-7-18)16-28-29-25(30)15-19-8-9-22-23(13-19)33-11-10-32-22/h3-9,12-14,16H,2,10-11,15,17H2,1H3,(H,29,30)/b28-16+. The van der Waals surface area contributed by atoms with Gasteiger partial charge in [-0.3, -0.25) is 4.79 Å². The Balaban J connectivity index is 1.38. The van der Waals surface area contributed by atoms with Crippen LogP contribution >= 0.6 is 15.9 Å². The van der Waals surface area contributed by atoms with E-state index in [9.17, 15) is 4.79 Å². The molecule has 1 heterocycles. The summed E-state index contributed by atoms with van der Waals surface area (Å²) in [6, 6.07) is 19.1. The zero-order valence-electron chi connectivity index (χ0n) is 18.8. The molecule has 0 aliphatic carbocycles. The highest BCUT2D eigenvalue weighted by atomic mass is 79.9. The molecule has 0 unspecified atom stereocenters. The highest BCUT2D eigenvalue weighted by Gasteiger charge is 2.14. The predicted molar refractivity (Wildman–Crippen MR) is 133 cm³/mol. The number of ether oxygens (including phenoxy) is 4. The normalized spacial score (nSPS) is 12.4. The van der Waals surface area contributed by atoms with Crippen LogP contribution in [0.25, 0.3) is 0 Å². The molecule has 0 saturated carbocycles. The first kappa shape index (κ1) is 23.6.